The molecule has 1 heterocycles. The van der Waals surface area contributed by atoms with Crippen molar-refractivity contribution in [3.8, 4) is 0 Å². The highest BCUT2D eigenvalue weighted by Crippen LogP contribution is 2.51. The molecule has 1 saturated heterocycles. The average Bonchev–Trinajstić information content (AvgIpc) is 2.46. The van der Waals surface area contributed by atoms with Crippen molar-refractivity contribution in [3.05, 3.63) is 0 Å². The Balaban J connectivity index is 3.50. The number of carboxylic acids is 1. The van der Waals surface area contributed by atoms with Gasteiger partial charge < -0.3 is 5.11 Å². The average molecular weight is 242 g/mol. The summed E-state index contributed by atoms with van der Waals surface area (Å²) in [4.78, 5) is 10.8. The second-order valence-electron chi connectivity index (χ2n) is 3.19. The lowest BCUT2D eigenvalue weighted by Gasteiger charge is -2.03. The third-order valence-electron chi connectivity index (χ3n) is 2.38. The van der Waals surface area contributed by atoms with E-state index in [0.717, 1.165) is 0 Å². The number of rotatable bonds is 3. The molecule has 0 amide bonds. The molecule has 0 saturated carbocycles. The van der Waals surface area contributed by atoms with Crippen molar-refractivity contribution >= 4 is 25.6 Å². The van der Waals surface area contributed by atoms with Crippen LogP contribution in [0.2, 0.25) is 0 Å². The standard InChI is InChI=1S/C6H10O6S2/c1-3-4-6(5(7)8,13(2,9)10)14(4,11)12/h4H,3H2,1-2H3,(H,7,8). The Bertz CT molecular complexity index is 472. The molecule has 1 rings (SSSR count). The first-order valence-electron chi connectivity index (χ1n) is 3.80. The van der Waals surface area contributed by atoms with Crippen molar-refractivity contribution in [2.75, 3.05) is 6.26 Å². The molecule has 0 aromatic carbocycles. The van der Waals surface area contributed by atoms with E-state index in [1.807, 2.05) is 0 Å². The molecule has 0 aromatic heterocycles. The van der Waals surface area contributed by atoms with Gasteiger partial charge >= 0.3 is 5.97 Å². The summed E-state index contributed by atoms with van der Waals surface area (Å²) in [5, 5.41) is 7.41. The van der Waals surface area contributed by atoms with Gasteiger partial charge in [-0.25, -0.2) is 21.6 Å². The Morgan fingerprint density at radius 3 is 2.00 bits per heavy atom. The summed E-state index contributed by atoms with van der Waals surface area (Å²) in [7, 11) is -8.20. The molecule has 0 radical (unpaired) electrons. The van der Waals surface area contributed by atoms with Crippen LogP contribution in [-0.2, 0) is 24.5 Å². The van der Waals surface area contributed by atoms with Crippen LogP contribution < -0.4 is 0 Å². The van der Waals surface area contributed by atoms with E-state index in [1.165, 1.54) is 6.92 Å². The minimum Gasteiger partial charge on any atom is -0.479 e. The van der Waals surface area contributed by atoms with Crippen LogP contribution in [-0.4, -0.2) is 43.5 Å². The zero-order valence-electron chi connectivity index (χ0n) is 7.59. The fourth-order valence-corrected chi connectivity index (χ4v) is 7.42. The summed E-state index contributed by atoms with van der Waals surface area (Å²) < 4.78 is 42.3. The van der Waals surface area contributed by atoms with Gasteiger partial charge in [-0.3, -0.25) is 0 Å². The van der Waals surface area contributed by atoms with Crippen LogP contribution in [0.25, 0.3) is 0 Å². The lowest BCUT2D eigenvalue weighted by atomic mass is 10.2. The molecule has 2 unspecified atom stereocenters. The highest BCUT2D eigenvalue weighted by Gasteiger charge is 2.83. The zero-order chi connectivity index (χ0) is 11.4. The number of sulfone groups is 2. The molecule has 1 aliphatic rings. The van der Waals surface area contributed by atoms with Crippen molar-refractivity contribution in [1.82, 2.24) is 0 Å². The minimum atomic E-state index is -4.15. The van der Waals surface area contributed by atoms with E-state index in [1.54, 1.807) is 0 Å². The van der Waals surface area contributed by atoms with Gasteiger partial charge in [0.15, 0.2) is 19.7 Å². The van der Waals surface area contributed by atoms with Crippen molar-refractivity contribution < 1.29 is 26.7 Å². The molecule has 0 aliphatic carbocycles. The van der Waals surface area contributed by atoms with Gasteiger partial charge in [0, 0.05) is 6.26 Å². The number of carbonyl (C=O) groups is 1. The quantitative estimate of drug-likeness (QED) is 0.637. The van der Waals surface area contributed by atoms with E-state index in [4.69, 9.17) is 5.11 Å². The van der Waals surface area contributed by atoms with Gasteiger partial charge in [-0.05, 0) is 6.42 Å². The molecule has 0 bridgehead atoms. The van der Waals surface area contributed by atoms with Crippen molar-refractivity contribution in [2.45, 2.75) is 22.7 Å². The Kier molecular flexibility index (Phi) is 2.20. The molecule has 1 aliphatic heterocycles. The Morgan fingerprint density at radius 2 is 1.93 bits per heavy atom. The molecule has 82 valence electrons. The molecule has 1 fully saturated rings. The van der Waals surface area contributed by atoms with E-state index >= 15 is 0 Å². The summed E-state index contributed by atoms with van der Waals surface area (Å²) in [5.74, 6) is -1.80. The van der Waals surface area contributed by atoms with Crippen molar-refractivity contribution in [3.63, 3.8) is 0 Å². The van der Waals surface area contributed by atoms with Crippen LogP contribution in [0, 0.1) is 0 Å². The molecule has 0 aromatic rings. The van der Waals surface area contributed by atoms with Gasteiger partial charge in [-0.15, -0.1) is 0 Å². The maximum atomic E-state index is 11.3. The SMILES string of the molecule is CCC1C(C(=O)O)(S(C)(=O)=O)S1(=O)=O. The monoisotopic (exact) mass is 242 g/mol. The van der Waals surface area contributed by atoms with Crippen LogP contribution in [0.5, 0.6) is 0 Å². The first-order valence-corrected chi connectivity index (χ1v) is 7.24. The summed E-state index contributed by atoms with van der Waals surface area (Å²) in [5.41, 5.74) is 0. The molecule has 6 nitrogen and oxygen atoms in total. The van der Waals surface area contributed by atoms with E-state index in [9.17, 15) is 21.6 Å². The van der Waals surface area contributed by atoms with Crippen LogP contribution in [0.15, 0.2) is 0 Å². The zero-order valence-corrected chi connectivity index (χ0v) is 9.22. The molecule has 1 N–H and O–H groups in total. The molecule has 0 spiro atoms. The lowest BCUT2D eigenvalue weighted by molar-refractivity contribution is -0.136. The maximum absolute atomic E-state index is 11.3. The summed E-state index contributed by atoms with van der Waals surface area (Å²) in [6.45, 7) is 1.44. The van der Waals surface area contributed by atoms with Crippen molar-refractivity contribution in [1.29, 1.82) is 0 Å². The third kappa shape index (κ3) is 0.977. The predicted molar refractivity (Wildman–Crippen MR) is 48.2 cm³/mol. The Labute approximate surface area is 81.8 Å². The fraction of sp³-hybridized carbons (Fsp3) is 0.833. The van der Waals surface area contributed by atoms with Gasteiger partial charge in [-0.1, -0.05) is 6.92 Å². The summed E-state index contributed by atoms with van der Waals surface area (Å²) >= 11 is 0. The predicted octanol–water partition coefficient (Wildman–Crippen LogP) is -0.981. The highest BCUT2D eigenvalue weighted by atomic mass is 32.3. The summed E-state index contributed by atoms with van der Waals surface area (Å²) in [6, 6.07) is 0. The smallest absolute Gasteiger partial charge is 0.342 e. The summed E-state index contributed by atoms with van der Waals surface area (Å²) in [6.07, 6.45) is 0.621. The van der Waals surface area contributed by atoms with E-state index < -0.39 is 35.0 Å². The maximum Gasteiger partial charge on any atom is 0.342 e. The molecular formula is C6H10O6S2. The van der Waals surface area contributed by atoms with E-state index in [2.05, 4.69) is 0 Å². The van der Waals surface area contributed by atoms with Gasteiger partial charge in [0.05, 0.1) is 0 Å². The first-order chi connectivity index (χ1) is 6.14. The molecular weight excluding hydrogens is 232 g/mol. The fourth-order valence-electron chi connectivity index (χ4n) is 1.73. The number of carboxylic acid groups (broad SMARTS) is 1. The van der Waals surface area contributed by atoms with Crippen LogP contribution in [0.1, 0.15) is 13.3 Å². The first kappa shape index (κ1) is 11.4. The molecule has 8 heteroatoms. The van der Waals surface area contributed by atoms with Crippen LogP contribution >= 0.6 is 0 Å². The second kappa shape index (κ2) is 2.69. The highest BCUT2D eigenvalue weighted by molar-refractivity contribution is 8.18. The number of aliphatic carboxylic acids is 1. The second-order valence-corrected chi connectivity index (χ2v) is 7.94. The minimum absolute atomic E-state index is 0.0122. The van der Waals surface area contributed by atoms with E-state index in [0.29, 0.717) is 6.26 Å². The van der Waals surface area contributed by atoms with Crippen LogP contribution in [0.4, 0.5) is 0 Å². The number of hydrogen-bond donors (Lipinski definition) is 1. The third-order valence-corrected chi connectivity index (χ3v) is 8.19. The van der Waals surface area contributed by atoms with Crippen molar-refractivity contribution in [2.24, 2.45) is 0 Å². The molecule has 2 atom stereocenters. The van der Waals surface area contributed by atoms with E-state index in [-0.39, 0.29) is 6.42 Å². The van der Waals surface area contributed by atoms with Crippen LogP contribution in [0.3, 0.4) is 0 Å². The Morgan fingerprint density at radius 1 is 1.50 bits per heavy atom. The largest absolute Gasteiger partial charge is 0.479 e. The van der Waals surface area contributed by atoms with Gasteiger partial charge in [0.25, 0.3) is 4.08 Å². The van der Waals surface area contributed by atoms with Gasteiger partial charge in [0.1, 0.15) is 5.25 Å². The topological polar surface area (TPSA) is 106 Å². The lowest BCUT2D eigenvalue weighted by Crippen LogP contribution is -2.36. The van der Waals surface area contributed by atoms with Gasteiger partial charge in [-0.2, -0.15) is 0 Å². The number of hydrogen-bond acceptors (Lipinski definition) is 5. The Hall–Kier alpha value is -0.630. The van der Waals surface area contributed by atoms with Gasteiger partial charge in [0.2, 0.25) is 0 Å². The normalized spacial score (nSPS) is 35.1. The molecule has 14 heavy (non-hydrogen) atoms.